The van der Waals surface area contributed by atoms with Crippen molar-refractivity contribution in [2.24, 2.45) is 0 Å². The molecule has 1 N–H and O–H groups in total. The van der Waals surface area contributed by atoms with Crippen LogP contribution in [0.15, 0.2) is 0 Å². The van der Waals surface area contributed by atoms with Gasteiger partial charge in [0.25, 0.3) is 0 Å². The summed E-state index contributed by atoms with van der Waals surface area (Å²) in [5, 5.41) is 3.68. The van der Waals surface area contributed by atoms with Crippen molar-refractivity contribution in [3.63, 3.8) is 0 Å². The molecule has 1 heterocycles. The minimum Gasteiger partial charge on any atom is -0.311 e. The van der Waals surface area contributed by atoms with Gasteiger partial charge in [-0.15, -0.1) is 0 Å². The topological polar surface area (TPSA) is 15.3 Å². The van der Waals surface area contributed by atoms with Gasteiger partial charge in [0.2, 0.25) is 0 Å². The van der Waals surface area contributed by atoms with Crippen molar-refractivity contribution in [3.05, 3.63) is 0 Å². The summed E-state index contributed by atoms with van der Waals surface area (Å²) in [5.74, 6) is 1.27. The highest BCUT2D eigenvalue weighted by Crippen LogP contribution is 2.13. The Bertz CT molecular complexity index is 164. The van der Waals surface area contributed by atoms with Gasteiger partial charge in [0.15, 0.2) is 0 Å². The molecule has 1 rings (SSSR count). The highest BCUT2D eigenvalue weighted by atomic mass is 32.2. The first-order valence-corrected chi connectivity index (χ1v) is 7.67. The molecule has 3 heteroatoms. The van der Waals surface area contributed by atoms with E-state index < -0.39 is 0 Å². The Morgan fingerprint density at radius 1 is 1.40 bits per heavy atom. The SMILES string of the molecule is CCCC1CN(CCSC)C(CC)CN1. The number of hydrogen-bond donors (Lipinski definition) is 1. The van der Waals surface area contributed by atoms with Gasteiger partial charge in [0.05, 0.1) is 0 Å². The van der Waals surface area contributed by atoms with Crippen LogP contribution in [0.2, 0.25) is 0 Å². The predicted octanol–water partition coefficient (Wildman–Crippen LogP) is 2.20. The van der Waals surface area contributed by atoms with Crippen LogP contribution in [0.1, 0.15) is 33.1 Å². The molecular weight excluding hydrogens is 204 g/mol. The van der Waals surface area contributed by atoms with Crippen molar-refractivity contribution in [3.8, 4) is 0 Å². The van der Waals surface area contributed by atoms with Crippen LogP contribution >= 0.6 is 11.8 Å². The smallest absolute Gasteiger partial charge is 0.0219 e. The van der Waals surface area contributed by atoms with Crippen LogP contribution in [-0.2, 0) is 0 Å². The molecule has 0 saturated carbocycles. The minimum atomic E-state index is 0.736. The predicted molar refractivity (Wildman–Crippen MR) is 70.7 cm³/mol. The van der Waals surface area contributed by atoms with Gasteiger partial charge in [-0.2, -0.15) is 11.8 Å². The van der Waals surface area contributed by atoms with Crippen LogP contribution in [0.5, 0.6) is 0 Å². The van der Waals surface area contributed by atoms with Crippen molar-refractivity contribution >= 4 is 11.8 Å². The molecule has 2 nitrogen and oxygen atoms in total. The quantitative estimate of drug-likeness (QED) is 0.753. The summed E-state index contributed by atoms with van der Waals surface area (Å²) in [4.78, 5) is 2.69. The summed E-state index contributed by atoms with van der Waals surface area (Å²) in [6, 6.07) is 1.50. The van der Waals surface area contributed by atoms with Crippen LogP contribution < -0.4 is 5.32 Å². The molecule has 0 amide bonds. The summed E-state index contributed by atoms with van der Waals surface area (Å²) in [7, 11) is 0. The van der Waals surface area contributed by atoms with Crippen LogP contribution in [-0.4, -0.2) is 48.6 Å². The molecule has 1 aliphatic rings. The van der Waals surface area contributed by atoms with Gasteiger partial charge in [0.1, 0.15) is 0 Å². The lowest BCUT2D eigenvalue weighted by atomic mass is 10.0. The lowest BCUT2D eigenvalue weighted by molar-refractivity contribution is 0.131. The molecule has 15 heavy (non-hydrogen) atoms. The van der Waals surface area contributed by atoms with E-state index in [1.54, 1.807) is 0 Å². The summed E-state index contributed by atoms with van der Waals surface area (Å²) in [5.41, 5.74) is 0. The first kappa shape index (κ1) is 13.3. The van der Waals surface area contributed by atoms with E-state index in [0.717, 1.165) is 12.1 Å². The summed E-state index contributed by atoms with van der Waals surface area (Å²) in [6.07, 6.45) is 6.10. The van der Waals surface area contributed by atoms with Crippen molar-refractivity contribution in [1.82, 2.24) is 10.2 Å². The summed E-state index contributed by atoms with van der Waals surface area (Å²) in [6.45, 7) is 8.29. The molecule has 0 bridgehead atoms. The molecule has 0 aromatic heterocycles. The maximum atomic E-state index is 3.68. The van der Waals surface area contributed by atoms with Crippen molar-refractivity contribution in [2.45, 2.75) is 45.2 Å². The van der Waals surface area contributed by atoms with Gasteiger partial charge in [0, 0.05) is 37.5 Å². The van der Waals surface area contributed by atoms with Crippen molar-refractivity contribution in [2.75, 3.05) is 31.6 Å². The van der Waals surface area contributed by atoms with E-state index in [9.17, 15) is 0 Å². The molecule has 2 atom stereocenters. The first-order valence-electron chi connectivity index (χ1n) is 6.28. The van der Waals surface area contributed by atoms with Crippen LogP contribution in [0.3, 0.4) is 0 Å². The third-order valence-electron chi connectivity index (χ3n) is 3.30. The average Bonchev–Trinajstić information content (AvgIpc) is 2.27. The molecule has 0 radical (unpaired) electrons. The number of thioether (sulfide) groups is 1. The number of rotatable bonds is 6. The van der Waals surface area contributed by atoms with E-state index in [2.05, 4.69) is 30.3 Å². The molecule has 90 valence electrons. The van der Waals surface area contributed by atoms with Gasteiger partial charge >= 0.3 is 0 Å². The first-order chi connectivity index (χ1) is 7.31. The Morgan fingerprint density at radius 3 is 2.80 bits per heavy atom. The van der Waals surface area contributed by atoms with Crippen molar-refractivity contribution in [1.29, 1.82) is 0 Å². The molecule has 0 aromatic carbocycles. The second-order valence-electron chi connectivity index (χ2n) is 4.44. The Balaban J connectivity index is 2.38. The zero-order chi connectivity index (χ0) is 11.1. The monoisotopic (exact) mass is 230 g/mol. The van der Waals surface area contributed by atoms with Crippen LogP contribution in [0, 0.1) is 0 Å². The zero-order valence-electron chi connectivity index (χ0n) is 10.5. The fourth-order valence-corrected chi connectivity index (χ4v) is 2.77. The average molecular weight is 230 g/mol. The summed E-state index contributed by atoms with van der Waals surface area (Å²) < 4.78 is 0. The second kappa shape index (κ2) is 7.53. The standard InChI is InChI=1S/C12H26N2S/c1-4-6-11-10-14(7-8-15-3)12(5-2)9-13-11/h11-13H,4-10H2,1-3H3. The van der Waals surface area contributed by atoms with Gasteiger partial charge in [-0.1, -0.05) is 20.3 Å². The fraction of sp³-hybridized carbons (Fsp3) is 1.00. The zero-order valence-corrected chi connectivity index (χ0v) is 11.3. The van der Waals surface area contributed by atoms with E-state index in [4.69, 9.17) is 0 Å². The van der Waals surface area contributed by atoms with Crippen molar-refractivity contribution < 1.29 is 0 Å². The molecule has 0 aliphatic carbocycles. The molecule has 0 spiro atoms. The van der Waals surface area contributed by atoms with E-state index in [-0.39, 0.29) is 0 Å². The molecule has 1 aliphatic heterocycles. The highest BCUT2D eigenvalue weighted by molar-refractivity contribution is 7.98. The van der Waals surface area contributed by atoms with Crippen LogP contribution in [0.25, 0.3) is 0 Å². The van der Waals surface area contributed by atoms with Gasteiger partial charge in [-0.25, -0.2) is 0 Å². The van der Waals surface area contributed by atoms with E-state index in [0.29, 0.717) is 0 Å². The minimum absolute atomic E-state index is 0.736. The number of hydrogen-bond acceptors (Lipinski definition) is 3. The molecule has 2 unspecified atom stereocenters. The number of nitrogens with zero attached hydrogens (tertiary/aromatic N) is 1. The lowest BCUT2D eigenvalue weighted by Gasteiger charge is -2.40. The largest absolute Gasteiger partial charge is 0.311 e. The van der Waals surface area contributed by atoms with E-state index in [1.165, 1.54) is 44.6 Å². The Hall–Kier alpha value is 0.270. The van der Waals surface area contributed by atoms with Crippen LogP contribution in [0.4, 0.5) is 0 Å². The normalized spacial score (nSPS) is 28.2. The third-order valence-corrected chi connectivity index (χ3v) is 3.90. The van der Waals surface area contributed by atoms with E-state index in [1.807, 2.05) is 11.8 Å². The molecule has 1 fully saturated rings. The van der Waals surface area contributed by atoms with Gasteiger partial charge < -0.3 is 5.32 Å². The third kappa shape index (κ3) is 4.33. The Labute approximate surface area is 99.2 Å². The number of nitrogens with one attached hydrogen (secondary N) is 1. The van der Waals surface area contributed by atoms with Gasteiger partial charge in [-0.05, 0) is 19.1 Å². The Morgan fingerprint density at radius 2 is 2.20 bits per heavy atom. The molecule has 1 saturated heterocycles. The lowest BCUT2D eigenvalue weighted by Crippen LogP contribution is -2.56. The molecular formula is C12H26N2S. The van der Waals surface area contributed by atoms with E-state index >= 15 is 0 Å². The fourth-order valence-electron chi connectivity index (χ4n) is 2.36. The number of piperazine rings is 1. The molecule has 0 aromatic rings. The van der Waals surface area contributed by atoms with Gasteiger partial charge in [-0.3, -0.25) is 4.90 Å². The second-order valence-corrected chi connectivity index (χ2v) is 5.43. The maximum absolute atomic E-state index is 3.68. The summed E-state index contributed by atoms with van der Waals surface area (Å²) >= 11 is 1.96. The Kier molecular flexibility index (Phi) is 6.69. The maximum Gasteiger partial charge on any atom is 0.0219 e. The highest BCUT2D eigenvalue weighted by Gasteiger charge is 2.25.